The number of aliphatic hydroxyl groups excluding tert-OH is 1. The maximum atomic E-state index is 12.3. The zero-order valence-electron chi connectivity index (χ0n) is 13.9. The monoisotopic (exact) mass is 361 g/mol. The Balaban J connectivity index is 1.98. The summed E-state index contributed by atoms with van der Waals surface area (Å²) in [6, 6.07) is 10.8. The quantitative estimate of drug-likeness (QED) is 0.880. The molecule has 5 nitrogen and oxygen atoms in total. The molecule has 2 aromatic carbocycles. The van der Waals surface area contributed by atoms with Crippen LogP contribution in [0.2, 0.25) is 5.02 Å². The van der Waals surface area contributed by atoms with E-state index in [4.69, 9.17) is 16.3 Å². The van der Waals surface area contributed by atoms with E-state index in [9.17, 15) is 15.0 Å². The molecule has 132 valence electrons. The Bertz CT molecular complexity index is 793. The van der Waals surface area contributed by atoms with Crippen molar-refractivity contribution in [1.29, 1.82) is 0 Å². The molecule has 1 amide bonds. The molecule has 0 radical (unpaired) electrons. The van der Waals surface area contributed by atoms with Gasteiger partial charge in [-0.1, -0.05) is 30.7 Å². The van der Waals surface area contributed by atoms with Crippen LogP contribution < -0.4 is 4.74 Å². The van der Waals surface area contributed by atoms with Gasteiger partial charge in [0.2, 0.25) is 0 Å². The van der Waals surface area contributed by atoms with Crippen LogP contribution in [0, 0.1) is 0 Å². The number of benzene rings is 2. The first kappa shape index (κ1) is 17.6. The number of aromatic hydroxyl groups is 1. The first-order valence-corrected chi connectivity index (χ1v) is 8.59. The Hall–Kier alpha value is -2.24. The van der Waals surface area contributed by atoms with Crippen LogP contribution in [0.4, 0.5) is 0 Å². The molecular weight excluding hydrogens is 342 g/mol. The number of fused-ring (bicyclic) bond motifs is 1. The average molecular weight is 362 g/mol. The predicted molar refractivity (Wildman–Crippen MR) is 95.8 cm³/mol. The first-order valence-electron chi connectivity index (χ1n) is 8.21. The molecule has 0 aromatic heterocycles. The third kappa shape index (κ3) is 3.72. The molecule has 2 aromatic rings. The summed E-state index contributed by atoms with van der Waals surface area (Å²) in [6.07, 6.45) is -0.664. The molecule has 0 spiro atoms. The van der Waals surface area contributed by atoms with Gasteiger partial charge in [0, 0.05) is 17.1 Å². The smallest absolute Gasteiger partial charge is 0.251 e. The molecule has 25 heavy (non-hydrogen) atoms. The SMILES string of the molecule is CCC(O)C(=O)N1CCOc2c(O)cc(-c3cccc(Cl)c3)cc2C1. The van der Waals surface area contributed by atoms with Crippen LogP contribution in [0.1, 0.15) is 18.9 Å². The summed E-state index contributed by atoms with van der Waals surface area (Å²) in [5, 5.41) is 20.8. The van der Waals surface area contributed by atoms with Crippen LogP contribution >= 0.6 is 11.6 Å². The molecule has 6 heteroatoms. The van der Waals surface area contributed by atoms with Crippen molar-refractivity contribution in [2.45, 2.75) is 26.0 Å². The third-order valence-corrected chi connectivity index (χ3v) is 4.49. The van der Waals surface area contributed by atoms with E-state index in [0.29, 0.717) is 29.3 Å². The molecule has 2 N–H and O–H groups in total. The van der Waals surface area contributed by atoms with E-state index >= 15 is 0 Å². The van der Waals surface area contributed by atoms with Crippen LogP contribution in [0.5, 0.6) is 11.5 Å². The molecule has 3 rings (SSSR count). The lowest BCUT2D eigenvalue weighted by molar-refractivity contribution is -0.141. The molecule has 1 aliphatic rings. The lowest BCUT2D eigenvalue weighted by atomic mass is 10.0. The van der Waals surface area contributed by atoms with Crippen molar-refractivity contribution in [2.75, 3.05) is 13.2 Å². The lowest BCUT2D eigenvalue weighted by Gasteiger charge is -2.22. The van der Waals surface area contributed by atoms with E-state index in [1.54, 1.807) is 24.0 Å². The number of aliphatic hydroxyl groups is 1. The van der Waals surface area contributed by atoms with E-state index in [2.05, 4.69) is 0 Å². The number of carbonyl (C=O) groups excluding carboxylic acids is 1. The second-order valence-corrected chi connectivity index (χ2v) is 6.46. The summed E-state index contributed by atoms with van der Waals surface area (Å²) in [5.41, 5.74) is 2.35. The van der Waals surface area contributed by atoms with Crippen LogP contribution in [0.3, 0.4) is 0 Å². The highest BCUT2D eigenvalue weighted by Gasteiger charge is 2.26. The van der Waals surface area contributed by atoms with Crippen LogP contribution in [0.15, 0.2) is 36.4 Å². The Morgan fingerprint density at radius 2 is 2.12 bits per heavy atom. The summed E-state index contributed by atoms with van der Waals surface area (Å²) < 4.78 is 5.64. The number of rotatable bonds is 3. The summed E-state index contributed by atoms with van der Waals surface area (Å²) >= 11 is 6.05. The molecule has 1 unspecified atom stereocenters. The predicted octanol–water partition coefficient (Wildman–Crippen LogP) is 3.20. The van der Waals surface area contributed by atoms with Crippen LogP contribution in [0.25, 0.3) is 11.1 Å². The first-order chi connectivity index (χ1) is 12.0. The van der Waals surface area contributed by atoms with Crippen molar-refractivity contribution in [2.24, 2.45) is 0 Å². The lowest BCUT2D eigenvalue weighted by Crippen LogP contribution is -2.39. The molecule has 0 fully saturated rings. The third-order valence-electron chi connectivity index (χ3n) is 4.26. The largest absolute Gasteiger partial charge is 0.504 e. The van der Waals surface area contributed by atoms with Crippen molar-refractivity contribution in [3.63, 3.8) is 0 Å². The molecule has 1 atom stereocenters. The number of hydrogen-bond donors (Lipinski definition) is 2. The Morgan fingerprint density at radius 1 is 1.32 bits per heavy atom. The number of amides is 1. The fourth-order valence-electron chi connectivity index (χ4n) is 2.91. The normalized spacial score (nSPS) is 15.1. The number of phenolic OH excluding ortho intramolecular Hbond substituents is 1. The van der Waals surface area contributed by atoms with Gasteiger partial charge in [0.05, 0.1) is 6.54 Å². The highest BCUT2D eigenvalue weighted by Crippen LogP contribution is 2.38. The molecule has 0 saturated carbocycles. The summed E-state index contributed by atoms with van der Waals surface area (Å²) in [5.74, 6) is 0.0801. The maximum Gasteiger partial charge on any atom is 0.251 e. The van der Waals surface area contributed by atoms with Gasteiger partial charge in [-0.2, -0.15) is 0 Å². The highest BCUT2D eigenvalue weighted by molar-refractivity contribution is 6.30. The van der Waals surface area contributed by atoms with Gasteiger partial charge < -0.3 is 19.8 Å². The van der Waals surface area contributed by atoms with Crippen molar-refractivity contribution < 1.29 is 19.7 Å². The van der Waals surface area contributed by atoms with Crippen LogP contribution in [-0.4, -0.2) is 40.3 Å². The molecule has 0 saturated heterocycles. The second kappa shape index (κ2) is 7.33. The molecule has 1 heterocycles. The van der Waals surface area contributed by atoms with Gasteiger partial charge in [-0.15, -0.1) is 0 Å². The highest BCUT2D eigenvalue weighted by atomic mass is 35.5. The Kier molecular flexibility index (Phi) is 5.16. The van der Waals surface area contributed by atoms with Gasteiger partial charge in [-0.3, -0.25) is 4.79 Å². The summed E-state index contributed by atoms with van der Waals surface area (Å²) in [6.45, 7) is 2.65. The molecule has 0 aliphatic carbocycles. The van der Waals surface area contributed by atoms with E-state index < -0.39 is 6.10 Å². The zero-order chi connectivity index (χ0) is 18.0. The van der Waals surface area contributed by atoms with Gasteiger partial charge >= 0.3 is 0 Å². The zero-order valence-corrected chi connectivity index (χ0v) is 14.7. The van der Waals surface area contributed by atoms with E-state index in [1.165, 1.54) is 0 Å². The van der Waals surface area contributed by atoms with Gasteiger partial charge in [-0.25, -0.2) is 0 Å². The summed E-state index contributed by atoms with van der Waals surface area (Å²) in [7, 11) is 0. The topological polar surface area (TPSA) is 70.0 Å². The van der Waals surface area contributed by atoms with Crippen molar-refractivity contribution in [3.05, 3.63) is 47.0 Å². The minimum absolute atomic E-state index is 0.0258. The fraction of sp³-hybridized carbons (Fsp3) is 0.316. The minimum atomic E-state index is -1.02. The van der Waals surface area contributed by atoms with Gasteiger partial charge in [0.15, 0.2) is 11.5 Å². The van der Waals surface area contributed by atoms with Crippen molar-refractivity contribution >= 4 is 17.5 Å². The van der Waals surface area contributed by atoms with Crippen molar-refractivity contribution in [1.82, 2.24) is 4.90 Å². The summed E-state index contributed by atoms with van der Waals surface area (Å²) in [4.78, 5) is 13.9. The Morgan fingerprint density at radius 3 is 2.84 bits per heavy atom. The van der Waals surface area contributed by atoms with E-state index in [1.807, 2.05) is 24.3 Å². The maximum absolute atomic E-state index is 12.3. The molecular formula is C19H20ClNO4. The van der Waals surface area contributed by atoms with E-state index in [-0.39, 0.29) is 24.8 Å². The number of nitrogens with zero attached hydrogens (tertiary/aromatic N) is 1. The van der Waals surface area contributed by atoms with Gasteiger partial charge in [0.1, 0.15) is 12.7 Å². The number of hydrogen-bond acceptors (Lipinski definition) is 4. The van der Waals surface area contributed by atoms with Crippen LogP contribution in [-0.2, 0) is 11.3 Å². The molecule has 1 aliphatic heterocycles. The molecule has 0 bridgehead atoms. The van der Waals surface area contributed by atoms with Gasteiger partial charge in [0.25, 0.3) is 5.91 Å². The number of carbonyl (C=O) groups is 1. The van der Waals surface area contributed by atoms with E-state index in [0.717, 1.165) is 11.1 Å². The average Bonchev–Trinajstić information content (AvgIpc) is 2.83. The standard InChI is InChI=1S/C19H20ClNO4/c1-2-16(22)19(24)21-6-7-25-18-14(11-21)8-13(10-17(18)23)12-4-3-5-15(20)9-12/h3-5,8-10,16,22-23H,2,6-7,11H2,1H3. The number of ether oxygens (including phenoxy) is 1. The number of halogens is 1. The second-order valence-electron chi connectivity index (χ2n) is 6.03. The number of phenols is 1. The Labute approximate surface area is 151 Å². The minimum Gasteiger partial charge on any atom is -0.504 e. The van der Waals surface area contributed by atoms with Gasteiger partial charge in [-0.05, 0) is 41.8 Å². The van der Waals surface area contributed by atoms with Crippen molar-refractivity contribution in [3.8, 4) is 22.6 Å². The fourth-order valence-corrected chi connectivity index (χ4v) is 3.10.